The number of hydrogen-bond donors (Lipinski definition) is 2. The number of anilines is 1. The van der Waals surface area contributed by atoms with E-state index in [0.717, 1.165) is 13.1 Å². The lowest BCUT2D eigenvalue weighted by atomic mass is 10.1. The number of piperidine rings is 1. The quantitative estimate of drug-likeness (QED) is 0.875. The fourth-order valence-corrected chi connectivity index (χ4v) is 3.40. The molecule has 7 nitrogen and oxygen atoms in total. The number of carbonyl (C=O) groups is 2. The van der Waals surface area contributed by atoms with E-state index in [1.165, 1.54) is 4.68 Å². The molecule has 1 saturated heterocycles. The fraction of sp³-hybridized carbons (Fsp3) is 0.667. The molecule has 1 aliphatic carbocycles. The van der Waals surface area contributed by atoms with Crippen LogP contribution in [0.5, 0.6) is 0 Å². The lowest BCUT2D eigenvalue weighted by Crippen LogP contribution is -2.36. The van der Waals surface area contributed by atoms with Gasteiger partial charge in [-0.25, -0.2) is 4.79 Å². The van der Waals surface area contributed by atoms with E-state index in [1.807, 2.05) is 11.8 Å². The van der Waals surface area contributed by atoms with Crippen molar-refractivity contribution in [2.45, 2.75) is 27.3 Å². The van der Waals surface area contributed by atoms with Gasteiger partial charge in [0, 0.05) is 31.9 Å². The average Bonchev–Trinajstić information content (AvgIpc) is 2.87. The topological polar surface area (TPSA) is 79.3 Å². The van der Waals surface area contributed by atoms with Crippen molar-refractivity contribution < 1.29 is 9.59 Å². The second-order valence-corrected chi connectivity index (χ2v) is 6.72. The van der Waals surface area contributed by atoms with Crippen LogP contribution in [0.1, 0.15) is 20.8 Å². The fourth-order valence-electron chi connectivity index (χ4n) is 3.40. The van der Waals surface area contributed by atoms with Gasteiger partial charge >= 0.3 is 6.03 Å². The monoisotopic (exact) mass is 305 g/mol. The molecule has 2 fully saturated rings. The van der Waals surface area contributed by atoms with E-state index in [0.29, 0.717) is 29.6 Å². The Kier molecular flexibility index (Phi) is 3.58. The Labute approximate surface area is 130 Å². The summed E-state index contributed by atoms with van der Waals surface area (Å²) in [4.78, 5) is 25.6. The zero-order valence-electron chi connectivity index (χ0n) is 13.3. The number of rotatable bonds is 4. The summed E-state index contributed by atoms with van der Waals surface area (Å²) in [6, 6.07) is 1.60. The Morgan fingerprint density at radius 3 is 2.68 bits per heavy atom. The van der Waals surface area contributed by atoms with E-state index >= 15 is 0 Å². The molecule has 1 saturated carbocycles. The van der Waals surface area contributed by atoms with Crippen molar-refractivity contribution in [1.29, 1.82) is 0 Å². The van der Waals surface area contributed by atoms with Crippen LogP contribution < -0.4 is 10.6 Å². The zero-order chi connectivity index (χ0) is 15.9. The van der Waals surface area contributed by atoms with Gasteiger partial charge in [-0.2, -0.15) is 5.10 Å². The second kappa shape index (κ2) is 5.30. The first-order valence-corrected chi connectivity index (χ1v) is 7.78. The molecule has 0 bridgehead atoms. The number of hydrogen-bond acceptors (Lipinski definition) is 3. The summed E-state index contributed by atoms with van der Waals surface area (Å²) in [5.74, 6) is 1.65. The zero-order valence-corrected chi connectivity index (χ0v) is 13.3. The SMILES string of the molecule is CCNC(=O)Cn1ccc(NC(=O)N2C[C@@H]3[C@@H](C2)C3(C)C)n1. The van der Waals surface area contributed by atoms with Crippen molar-refractivity contribution in [3.05, 3.63) is 12.3 Å². The predicted octanol–water partition coefficient (Wildman–Crippen LogP) is 1.14. The molecule has 7 heteroatoms. The lowest BCUT2D eigenvalue weighted by Gasteiger charge is -2.21. The van der Waals surface area contributed by atoms with Gasteiger partial charge in [-0.1, -0.05) is 13.8 Å². The number of aromatic nitrogens is 2. The van der Waals surface area contributed by atoms with Crippen LogP contribution in [0.15, 0.2) is 12.3 Å². The van der Waals surface area contributed by atoms with E-state index in [2.05, 4.69) is 29.6 Å². The van der Waals surface area contributed by atoms with Crippen molar-refractivity contribution in [3.8, 4) is 0 Å². The first-order chi connectivity index (χ1) is 10.4. The number of fused-ring (bicyclic) bond motifs is 1. The summed E-state index contributed by atoms with van der Waals surface area (Å²) in [5.41, 5.74) is 0.394. The normalized spacial score (nSPS) is 24.8. The first kappa shape index (κ1) is 14.9. The maximum atomic E-state index is 12.2. The molecule has 0 aromatic carbocycles. The van der Waals surface area contributed by atoms with E-state index in [4.69, 9.17) is 0 Å². The van der Waals surface area contributed by atoms with Crippen LogP contribution in [-0.2, 0) is 11.3 Å². The Bertz CT molecular complexity index is 581. The van der Waals surface area contributed by atoms with Gasteiger partial charge in [0.05, 0.1) is 0 Å². The number of nitrogens with one attached hydrogen (secondary N) is 2. The molecule has 0 radical (unpaired) electrons. The van der Waals surface area contributed by atoms with Crippen LogP contribution >= 0.6 is 0 Å². The number of likely N-dealkylation sites (N-methyl/N-ethyl adjacent to an activating group) is 1. The van der Waals surface area contributed by atoms with Gasteiger partial charge in [-0.15, -0.1) is 0 Å². The molecule has 3 amide bonds. The van der Waals surface area contributed by atoms with E-state index in [1.54, 1.807) is 12.3 Å². The van der Waals surface area contributed by atoms with Crippen LogP contribution in [0.2, 0.25) is 0 Å². The molecule has 2 N–H and O–H groups in total. The van der Waals surface area contributed by atoms with Gasteiger partial charge in [0.25, 0.3) is 0 Å². The van der Waals surface area contributed by atoms with Crippen molar-refractivity contribution in [1.82, 2.24) is 20.0 Å². The third-order valence-corrected chi connectivity index (χ3v) is 4.96. The molecule has 2 heterocycles. The van der Waals surface area contributed by atoms with Gasteiger partial charge in [0.2, 0.25) is 5.91 Å². The van der Waals surface area contributed by atoms with Crippen molar-refractivity contribution >= 4 is 17.8 Å². The van der Waals surface area contributed by atoms with Gasteiger partial charge < -0.3 is 10.2 Å². The Morgan fingerprint density at radius 2 is 2.05 bits per heavy atom. The van der Waals surface area contributed by atoms with Crippen molar-refractivity contribution in [2.75, 3.05) is 25.0 Å². The van der Waals surface area contributed by atoms with Crippen LogP contribution in [0.3, 0.4) is 0 Å². The third-order valence-electron chi connectivity index (χ3n) is 4.96. The van der Waals surface area contributed by atoms with Gasteiger partial charge in [0.15, 0.2) is 5.82 Å². The third kappa shape index (κ3) is 2.67. The molecule has 22 heavy (non-hydrogen) atoms. The predicted molar refractivity (Wildman–Crippen MR) is 82.3 cm³/mol. The molecule has 1 aromatic rings. The summed E-state index contributed by atoms with van der Waals surface area (Å²) < 4.78 is 1.52. The minimum atomic E-state index is -0.105. The smallest absolute Gasteiger partial charge is 0.323 e. The molecular weight excluding hydrogens is 282 g/mol. The van der Waals surface area contributed by atoms with E-state index < -0.39 is 0 Å². The molecular formula is C15H23N5O2. The highest BCUT2D eigenvalue weighted by molar-refractivity contribution is 5.88. The number of likely N-dealkylation sites (tertiary alicyclic amines) is 1. The number of urea groups is 1. The first-order valence-electron chi connectivity index (χ1n) is 7.78. The molecule has 2 atom stereocenters. The molecule has 0 spiro atoms. The highest BCUT2D eigenvalue weighted by Crippen LogP contribution is 2.61. The Hall–Kier alpha value is -2.05. The summed E-state index contributed by atoms with van der Waals surface area (Å²) in [6.45, 7) is 8.80. The minimum Gasteiger partial charge on any atom is -0.355 e. The van der Waals surface area contributed by atoms with E-state index in [-0.39, 0.29) is 18.5 Å². The number of carbonyl (C=O) groups excluding carboxylic acids is 2. The molecule has 3 rings (SSSR count). The molecule has 2 aliphatic rings. The van der Waals surface area contributed by atoms with Crippen LogP contribution in [0.25, 0.3) is 0 Å². The molecule has 0 unspecified atom stereocenters. The highest BCUT2D eigenvalue weighted by atomic mass is 16.2. The van der Waals surface area contributed by atoms with Crippen molar-refractivity contribution in [3.63, 3.8) is 0 Å². The van der Waals surface area contributed by atoms with Crippen LogP contribution in [0.4, 0.5) is 10.6 Å². The van der Waals surface area contributed by atoms with Crippen molar-refractivity contribution in [2.24, 2.45) is 17.3 Å². The maximum absolute atomic E-state index is 12.2. The lowest BCUT2D eigenvalue weighted by molar-refractivity contribution is -0.121. The van der Waals surface area contributed by atoms with Gasteiger partial charge in [-0.05, 0) is 24.2 Å². The van der Waals surface area contributed by atoms with E-state index in [9.17, 15) is 9.59 Å². The summed E-state index contributed by atoms with van der Waals surface area (Å²) in [5, 5.41) is 9.71. The molecule has 1 aliphatic heterocycles. The van der Waals surface area contributed by atoms with Gasteiger partial charge in [0.1, 0.15) is 6.54 Å². The van der Waals surface area contributed by atoms with Crippen LogP contribution in [-0.4, -0.2) is 46.3 Å². The maximum Gasteiger partial charge on any atom is 0.323 e. The molecule has 1 aromatic heterocycles. The highest BCUT2D eigenvalue weighted by Gasteiger charge is 2.62. The number of nitrogens with zero attached hydrogens (tertiary/aromatic N) is 3. The summed E-state index contributed by atoms with van der Waals surface area (Å²) >= 11 is 0. The number of amides is 3. The standard InChI is InChI=1S/C15H23N5O2/c1-4-16-13(21)9-20-6-5-12(18-20)17-14(22)19-7-10-11(8-19)15(10,2)3/h5-6,10-11H,4,7-9H2,1-3H3,(H,16,21)(H,17,18,22)/t10-,11-/m1/s1. The Morgan fingerprint density at radius 1 is 1.36 bits per heavy atom. The Balaban J connectivity index is 1.51. The average molecular weight is 305 g/mol. The minimum absolute atomic E-state index is 0.0923. The van der Waals surface area contributed by atoms with Gasteiger partial charge in [-0.3, -0.25) is 14.8 Å². The van der Waals surface area contributed by atoms with Crippen LogP contribution in [0, 0.1) is 17.3 Å². The largest absolute Gasteiger partial charge is 0.355 e. The second-order valence-electron chi connectivity index (χ2n) is 6.72. The molecule has 120 valence electrons. The summed E-state index contributed by atoms with van der Waals surface area (Å²) in [6.07, 6.45) is 1.69. The summed E-state index contributed by atoms with van der Waals surface area (Å²) in [7, 11) is 0.